The van der Waals surface area contributed by atoms with Crippen LogP contribution in [0.5, 0.6) is 5.75 Å². The van der Waals surface area contributed by atoms with Gasteiger partial charge in [-0.3, -0.25) is 4.79 Å². The number of aromatic nitrogens is 2. The number of amides is 1. The Morgan fingerprint density at radius 1 is 1.19 bits per heavy atom. The van der Waals surface area contributed by atoms with E-state index in [-0.39, 0.29) is 33.2 Å². The Labute approximate surface area is 168 Å². The smallest absolute Gasteiger partial charge is 0.282 e. The quantitative estimate of drug-likeness (QED) is 0.623. The molecule has 0 aliphatic carbocycles. The summed E-state index contributed by atoms with van der Waals surface area (Å²) >= 11 is 13.1. The van der Waals surface area contributed by atoms with E-state index < -0.39 is 5.91 Å². The number of phenolic OH excluding ortho intramolecular Hbond substituents is 1. The van der Waals surface area contributed by atoms with Crippen LogP contribution in [0.4, 0.5) is 4.39 Å². The van der Waals surface area contributed by atoms with E-state index in [1.54, 1.807) is 30.3 Å². The summed E-state index contributed by atoms with van der Waals surface area (Å²) in [6.45, 7) is 0.240. The fraction of sp³-hybridized carbons (Fsp3) is 0.0556. The molecule has 1 aromatic heterocycles. The lowest BCUT2D eigenvalue weighted by atomic mass is 10.2. The molecule has 2 N–H and O–H groups in total. The number of hydrogen-bond donors (Lipinski definition) is 2. The number of halogens is 3. The third-order valence-electron chi connectivity index (χ3n) is 3.46. The molecule has 0 saturated carbocycles. The van der Waals surface area contributed by atoms with E-state index >= 15 is 0 Å². The van der Waals surface area contributed by atoms with Gasteiger partial charge in [0.2, 0.25) is 5.01 Å². The van der Waals surface area contributed by atoms with Crippen molar-refractivity contribution in [3.63, 3.8) is 0 Å². The third-order valence-corrected chi connectivity index (χ3v) is 5.11. The normalized spacial score (nSPS) is 11.4. The van der Waals surface area contributed by atoms with Crippen LogP contribution in [0.2, 0.25) is 5.02 Å². The molecule has 138 valence electrons. The van der Waals surface area contributed by atoms with E-state index in [1.165, 1.54) is 18.2 Å². The molecule has 0 unspecified atom stereocenters. The Balaban J connectivity index is 1.67. The van der Waals surface area contributed by atoms with Gasteiger partial charge in [0, 0.05) is 6.54 Å². The van der Waals surface area contributed by atoms with E-state index in [0.717, 1.165) is 16.9 Å². The predicted molar refractivity (Wildman–Crippen MR) is 104 cm³/mol. The molecule has 2 aromatic carbocycles. The van der Waals surface area contributed by atoms with Crippen molar-refractivity contribution in [2.24, 2.45) is 0 Å². The molecule has 0 saturated heterocycles. The Morgan fingerprint density at radius 2 is 1.89 bits per heavy atom. The Hall–Kier alpha value is -2.48. The lowest BCUT2D eigenvalue weighted by Gasteiger charge is -2.02. The second kappa shape index (κ2) is 8.47. The number of benzene rings is 2. The first-order chi connectivity index (χ1) is 12.9. The van der Waals surface area contributed by atoms with Gasteiger partial charge in [-0.1, -0.05) is 52.7 Å². The number of aromatic hydroxyl groups is 1. The van der Waals surface area contributed by atoms with Crippen LogP contribution in [-0.2, 0) is 6.54 Å². The van der Waals surface area contributed by atoms with E-state index in [0.29, 0.717) is 10.6 Å². The first-order valence-electron chi connectivity index (χ1n) is 7.64. The summed E-state index contributed by atoms with van der Waals surface area (Å²) in [6.07, 6.45) is 1.60. The maximum atomic E-state index is 12.9. The average Bonchev–Trinajstić information content (AvgIpc) is 3.14. The highest BCUT2D eigenvalue weighted by Crippen LogP contribution is 2.29. The molecule has 9 heteroatoms. The molecular formula is C18H12Cl2FN3O2S. The molecule has 3 aromatic rings. The zero-order valence-electron chi connectivity index (χ0n) is 13.6. The number of hydrogen-bond acceptors (Lipinski definition) is 5. The molecular weight excluding hydrogens is 412 g/mol. The van der Waals surface area contributed by atoms with Crippen molar-refractivity contribution in [3.05, 3.63) is 74.4 Å². The monoisotopic (exact) mass is 423 g/mol. The minimum Gasteiger partial charge on any atom is -0.506 e. The van der Waals surface area contributed by atoms with Crippen LogP contribution in [0.1, 0.15) is 25.9 Å². The number of nitrogens with zero attached hydrogens (tertiary/aromatic N) is 2. The van der Waals surface area contributed by atoms with Crippen LogP contribution < -0.4 is 5.32 Å². The van der Waals surface area contributed by atoms with Crippen LogP contribution in [-0.4, -0.2) is 21.2 Å². The van der Waals surface area contributed by atoms with Gasteiger partial charge in [0.1, 0.15) is 11.6 Å². The summed E-state index contributed by atoms with van der Waals surface area (Å²) in [5.41, 5.74) is 1.43. The van der Waals surface area contributed by atoms with Crippen molar-refractivity contribution in [2.45, 2.75) is 6.54 Å². The first-order valence-corrected chi connectivity index (χ1v) is 9.22. The molecule has 0 spiro atoms. The van der Waals surface area contributed by atoms with Gasteiger partial charge in [0.15, 0.2) is 5.01 Å². The maximum Gasteiger partial charge on any atom is 0.282 e. The standard InChI is InChI=1S/C18H12Cl2FN3O2S/c19-13-7-11(3-6-15(13)25)8-14(20)17-23-24-18(27-17)16(26)22-9-10-1-4-12(21)5-2-10/h1-8,25H,9H2,(H,22,26)/b14-8-. The number of phenols is 1. The molecule has 0 radical (unpaired) electrons. The van der Waals surface area contributed by atoms with Crippen molar-refractivity contribution < 1.29 is 14.3 Å². The number of rotatable bonds is 5. The Kier molecular flexibility index (Phi) is 6.05. The Morgan fingerprint density at radius 3 is 2.59 bits per heavy atom. The molecule has 0 bridgehead atoms. The molecule has 1 heterocycles. The summed E-state index contributed by atoms with van der Waals surface area (Å²) in [5.74, 6) is -0.767. The van der Waals surface area contributed by atoms with Crippen LogP contribution >= 0.6 is 34.5 Å². The van der Waals surface area contributed by atoms with E-state index in [1.807, 2.05) is 0 Å². The zero-order chi connectivity index (χ0) is 19.4. The minimum atomic E-state index is -0.403. The van der Waals surface area contributed by atoms with Gasteiger partial charge in [-0.05, 0) is 41.5 Å². The molecule has 5 nitrogen and oxygen atoms in total. The van der Waals surface area contributed by atoms with Crippen LogP contribution in [0, 0.1) is 5.82 Å². The lowest BCUT2D eigenvalue weighted by Crippen LogP contribution is -2.22. The maximum absolute atomic E-state index is 12.9. The van der Waals surface area contributed by atoms with Gasteiger partial charge < -0.3 is 10.4 Å². The minimum absolute atomic E-state index is 0.0269. The van der Waals surface area contributed by atoms with Crippen LogP contribution in [0.25, 0.3) is 11.1 Å². The highest BCUT2D eigenvalue weighted by Gasteiger charge is 2.14. The van der Waals surface area contributed by atoms with Crippen molar-refractivity contribution in [2.75, 3.05) is 0 Å². The summed E-state index contributed by atoms with van der Waals surface area (Å²) < 4.78 is 12.9. The topological polar surface area (TPSA) is 75.1 Å². The molecule has 0 aliphatic rings. The highest BCUT2D eigenvalue weighted by molar-refractivity contribution is 7.15. The average molecular weight is 424 g/mol. The van der Waals surface area contributed by atoms with Crippen molar-refractivity contribution >= 4 is 51.6 Å². The number of carbonyl (C=O) groups is 1. The summed E-state index contributed by atoms with van der Waals surface area (Å²) in [6, 6.07) is 10.5. The molecule has 0 atom stereocenters. The zero-order valence-corrected chi connectivity index (χ0v) is 15.9. The van der Waals surface area contributed by atoms with Gasteiger partial charge in [0.05, 0.1) is 10.1 Å². The molecule has 0 fully saturated rings. The van der Waals surface area contributed by atoms with Crippen molar-refractivity contribution in [1.29, 1.82) is 0 Å². The lowest BCUT2D eigenvalue weighted by molar-refractivity contribution is 0.0950. The van der Waals surface area contributed by atoms with Gasteiger partial charge in [-0.25, -0.2) is 4.39 Å². The second-order valence-electron chi connectivity index (χ2n) is 5.42. The largest absolute Gasteiger partial charge is 0.506 e. The second-order valence-corrected chi connectivity index (χ2v) is 7.22. The fourth-order valence-corrected chi connectivity index (χ4v) is 3.23. The van der Waals surface area contributed by atoms with Gasteiger partial charge in [0.25, 0.3) is 5.91 Å². The first kappa shape index (κ1) is 19.3. The van der Waals surface area contributed by atoms with Gasteiger partial charge in [-0.15, -0.1) is 10.2 Å². The van der Waals surface area contributed by atoms with Gasteiger partial charge in [-0.2, -0.15) is 0 Å². The van der Waals surface area contributed by atoms with E-state index in [2.05, 4.69) is 15.5 Å². The number of carbonyl (C=O) groups excluding carboxylic acids is 1. The summed E-state index contributed by atoms with van der Waals surface area (Å²) in [7, 11) is 0. The fourth-order valence-electron chi connectivity index (χ4n) is 2.09. The van der Waals surface area contributed by atoms with Crippen molar-refractivity contribution in [1.82, 2.24) is 15.5 Å². The predicted octanol–water partition coefficient (Wildman–Crippen LogP) is 4.70. The summed E-state index contributed by atoms with van der Waals surface area (Å²) in [4.78, 5) is 12.2. The van der Waals surface area contributed by atoms with Gasteiger partial charge >= 0.3 is 0 Å². The van der Waals surface area contributed by atoms with Crippen molar-refractivity contribution in [3.8, 4) is 5.75 Å². The summed E-state index contributed by atoms with van der Waals surface area (Å²) in [5, 5.41) is 20.9. The van der Waals surface area contributed by atoms with Crippen LogP contribution in [0.3, 0.4) is 0 Å². The van der Waals surface area contributed by atoms with Crippen LogP contribution in [0.15, 0.2) is 42.5 Å². The molecule has 0 aliphatic heterocycles. The molecule has 27 heavy (non-hydrogen) atoms. The third kappa shape index (κ3) is 5.03. The molecule has 3 rings (SSSR count). The van der Waals surface area contributed by atoms with E-state index in [4.69, 9.17) is 23.2 Å². The Bertz CT molecular complexity index is 1010. The molecule has 1 amide bonds. The SMILES string of the molecule is O=C(NCc1ccc(F)cc1)c1nnc(/C(Cl)=C/c2ccc(O)c(Cl)c2)s1. The number of nitrogens with one attached hydrogen (secondary N) is 1. The van der Waals surface area contributed by atoms with E-state index in [9.17, 15) is 14.3 Å². The highest BCUT2D eigenvalue weighted by atomic mass is 35.5.